The molecular weight excluding hydrogens is 314 g/mol. The van der Waals surface area contributed by atoms with E-state index in [2.05, 4.69) is 15.4 Å². The molecule has 6 nitrogen and oxygen atoms in total. The first-order valence-corrected chi connectivity index (χ1v) is 9.30. The van der Waals surface area contributed by atoms with Crippen LogP contribution in [0.1, 0.15) is 39.2 Å². The Morgan fingerprint density at radius 3 is 2.61 bits per heavy atom. The quantitative estimate of drug-likeness (QED) is 0.750. The van der Waals surface area contributed by atoms with Gasteiger partial charge in [-0.25, -0.2) is 13.1 Å². The lowest BCUT2D eigenvalue weighted by atomic mass is 10.1. The van der Waals surface area contributed by atoms with Crippen LogP contribution in [0.2, 0.25) is 0 Å². The van der Waals surface area contributed by atoms with E-state index in [1.165, 1.54) is 0 Å². The first kappa shape index (κ1) is 17.9. The number of carbonyl (C=O) groups excluding carboxylic acids is 1. The van der Waals surface area contributed by atoms with Crippen LogP contribution in [0.5, 0.6) is 0 Å². The zero-order chi connectivity index (χ0) is 17.1. The Bertz CT molecular complexity index is 659. The minimum absolute atomic E-state index is 0.0847. The standard InChI is InChI=1S/C16H25N3O3S/c1-16(2,3)19-23(21,22)14-9-5-4-7-12(14)11-18-15(20)13-8-6-10-17-13/h4-5,7,9,13,17,19H,6,8,10-11H2,1-3H3,(H,18,20). The lowest BCUT2D eigenvalue weighted by molar-refractivity contribution is -0.122. The highest BCUT2D eigenvalue weighted by atomic mass is 32.2. The summed E-state index contributed by atoms with van der Waals surface area (Å²) in [7, 11) is -3.63. The monoisotopic (exact) mass is 339 g/mol. The van der Waals surface area contributed by atoms with Gasteiger partial charge < -0.3 is 10.6 Å². The highest BCUT2D eigenvalue weighted by Crippen LogP contribution is 2.18. The van der Waals surface area contributed by atoms with Gasteiger partial charge in [-0.3, -0.25) is 4.79 Å². The van der Waals surface area contributed by atoms with Crippen molar-refractivity contribution in [3.8, 4) is 0 Å². The molecule has 128 valence electrons. The van der Waals surface area contributed by atoms with Crippen molar-refractivity contribution in [2.75, 3.05) is 6.54 Å². The van der Waals surface area contributed by atoms with Crippen LogP contribution < -0.4 is 15.4 Å². The van der Waals surface area contributed by atoms with Crippen molar-refractivity contribution in [3.05, 3.63) is 29.8 Å². The van der Waals surface area contributed by atoms with Gasteiger partial charge in [-0.15, -0.1) is 0 Å². The number of carbonyl (C=O) groups is 1. The molecule has 23 heavy (non-hydrogen) atoms. The maximum Gasteiger partial charge on any atom is 0.241 e. The number of hydrogen-bond donors (Lipinski definition) is 3. The fourth-order valence-corrected chi connectivity index (χ4v) is 4.24. The third kappa shape index (κ3) is 5.02. The highest BCUT2D eigenvalue weighted by molar-refractivity contribution is 7.89. The molecule has 0 spiro atoms. The van der Waals surface area contributed by atoms with Gasteiger partial charge in [0.2, 0.25) is 15.9 Å². The summed E-state index contributed by atoms with van der Waals surface area (Å²) in [5.74, 6) is -0.0847. The fourth-order valence-electron chi connectivity index (χ4n) is 2.58. The molecule has 1 atom stereocenters. The number of sulfonamides is 1. The molecule has 1 unspecified atom stereocenters. The van der Waals surface area contributed by atoms with Crippen LogP contribution in [-0.4, -0.2) is 32.5 Å². The minimum Gasteiger partial charge on any atom is -0.351 e. The summed E-state index contributed by atoms with van der Waals surface area (Å²) >= 11 is 0. The molecule has 0 aliphatic carbocycles. The molecule has 0 radical (unpaired) electrons. The zero-order valence-corrected chi connectivity index (χ0v) is 14.7. The molecule has 1 saturated heterocycles. The molecular formula is C16H25N3O3S. The summed E-state index contributed by atoms with van der Waals surface area (Å²) in [5.41, 5.74) is 0.0127. The molecule has 1 aromatic carbocycles. The van der Waals surface area contributed by atoms with E-state index in [0.717, 1.165) is 19.4 Å². The second-order valence-electron chi connectivity index (χ2n) is 6.83. The average Bonchev–Trinajstić information content (AvgIpc) is 2.96. The number of amides is 1. The summed E-state index contributed by atoms with van der Waals surface area (Å²) in [6.45, 7) is 6.42. The predicted octanol–water partition coefficient (Wildman–Crippen LogP) is 1.13. The number of hydrogen-bond acceptors (Lipinski definition) is 4. The van der Waals surface area contributed by atoms with E-state index >= 15 is 0 Å². The van der Waals surface area contributed by atoms with Crippen molar-refractivity contribution in [2.24, 2.45) is 0 Å². The largest absolute Gasteiger partial charge is 0.351 e. The summed E-state index contributed by atoms with van der Waals surface area (Å²) in [4.78, 5) is 12.3. The van der Waals surface area contributed by atoms with E-state index in [0.29, 0.717) is 5.56 Å². The van der Waals surface area contributed by atoms with E-state index in [1.807, 2.05) is 0 Å². The van der Waals surface area contributed by atoms with Crippen LogP contribution in [0.3, 0.4) is 0 Å². The smallest absolute Gasteiger partial charge is 0.241 e. The van der Waals surface area contributed by atoms with Gasteiger partial charge in [-0.2, -0.15) is 0 Å². The molecule has 0 saturated carbocycles. The van der Waals surface area contributed by atoms with E-state index in [9.17, 15) is 13.2 Å². The van der Waals surface area contributed by atoms with Gasteiger partial charge in [-0.1, -0.05) is 18.2 Å². The molecule has 3 N–H and O–H groups in total. The van der Waals surface area contributed by atoms with Crippen molar-refractivity contribution in [1.82, 2.24) is 15.4 Å². The second-order valence-corrected chi connectivity index (χ2v) is 8.48. The lowest BCUT2D eigenvalue weighted by Gasteiger charge is -2.21. The Morgan fingerprint density at radius 2 is 2.00 bits per heavy atom. The summed E-state index contributed by atoms with van der Waals surface area (Å²) < 4.78 is 27.7. The highest BCUT2D eigenvalue weighted by Gasteiger charge is 2.25. The Kier molecular flexibility index (Phi) is 5.44. The maximum atomic E-state index is 12.5. The Labute approximate surface area is 138 Å². The van der Waals surface area contributed by atoms with Crippen LogP contribution in [-0.2, 0) is 21.4 Å². The lowest BCUT2D eigenvalue weighted by Crippen LogP contribution is -2.42. The van der Waals surface area contributed by atoms with Crippen LogP contribution in [0, 0.1) is 0 Å². The first-order valence-electron chi connectivity index (χ1n) is 7.82. The summed E-state index contributed by atoms with van der Waals surface area (Å²) in [5, 5.41) is 5.95. The molecule has 1 aromatic rings. The molecule has 1 fully saturated rings. The van der Waals surface area contributed by atoms with Crippen molar-refractivity contribution in [2.45, 2.75) is 56.6 Å². The van der Waals surface area contributed by atoms with Crippen LogP contribution in [0.25, 0.3) is 0 Å². The third-order valence-electron chi connectivity index (χ3n) is 3.53. The molecule has 1 amide bonds. The van der Waals surface area contributed by atoms with Crippen LogP contribution in [0.4, 0.5) is 0 Å². The van der Waals surface area contributed by atoms with Crippen molar-refractivity contribution >= 4 is 15.9 Å². The van der Waals surface area contributed by atoms with Gasteiger partial charge in [0, 0.05) is 12.1 Å². The van der Waals surface area contributed by atoms with Crippen LogP contribution in [0.15, 0.2) is 29.2 Å². The topological polar surface area (TPSA) is 87.3 Å². The SMILES string of the molecule is CC(C)(C)NS(=O)(=O)c1ccccc1CNC(=O)C1CCCN1. The average molecular weight is 339 g/mol. The first-order chi connectivity index (χ1) is 10.7. The molecule has 7 heteroatoms. The molecule has 0 aromatic heterocycles. The second kappa shape index (κ2) is 6.98. The number of rotatable bonds is 5. The van der Waals surface area contributed by atoms with Crippen molar-refractivity contribution in [1.29, 1.82) is 0 Å². The zero-order valence-electron chi connectivity index (χ0n) is 13.8. The molecule has 1 heterocycles. The minimum atomic E-state index is -3.63. The molecule has 0 bridgehead atoms. The predicted molar refractivity (Wildman–Crippen MR) is 89.4 cm³/mol. The summed E-state index contributed by atoms with van der Waals surface area (Å²) in [6, 6.07) is 6.56. The van der Waals surface area contributed by atoms with Crippen molar-refractivity contribution in [3.63, 3.8) is 0 Å². The molecule has 2 rings (SSSR count). The van der Waals surface area contributed by atoms with Gasteiger partial charge >= 0.3 is 0 Å². The summed E-state index contributed by atoms with van der Waals surface area (Å²) in [6.07, 6.45) is 1.80. The number of benzene rings is 1. The van der Waals surface area contributed by atoms with Gasteiger partial charge in [-0.05, 0) is 51.8 Å². The van der Waals surface area contributed by atoms with E-state index in [-0.39, 0.29) is 23.4 Å². The van der Waals surface area contributed by atoms with E-state index in [1.54, 1.807) is 45.0 Å². The maximum absolute atomic E-state index is 12.5. The fraction of sp³-hybridized carbons (Fsp3) is 0.562. The van der Waals surface area contributed by atoms with Crippen LogP contribution >= 0.6 is 0 Å². The normalized spacial score (nSPS) is 18.8. The third-order valence-corrected chi connectivity index (χ3v) is 5.39. The number of nitrogens with one attached hydrogen (secondary N) is 3. The van der Waals surface area contributed by atoms with Gasteiger partial charge in [0.15, 0.2) is 0 Å². The van der Waals surface area contributed by atoms with Gasteiger partial charge in [0.25, 0.3) is 0 Å². The van der Waals surface area contributed by atoms with E-state index in [4.69, 9.17) is 0 Å². The Morgan fingerprint density at radius 1 is 1.30 bits per heavy atom. The van der Waals surface area contributed by atoms with E-state index < -0.39 is 15.6 Å². The molecule has 1 aliphatic rings. The molecule has 1 aliphatic heterocycles. The van der Waals surface area contributed by atoms with Crippen molar-refractivity contribution < 1.29 is 13.2 Å². The van der Waals surface area contributed by atoms with Gasteiger partial charge in [0.05, 0.1) is 10.9 Å². The van der Waals surface area contributed by atoms with Gasteiger partial charge in [0.1, 0.15) is 0 Å². The Hall–Kier alpha value is -1.44. The Balaban J connectivity index is 2.12.